The van der Waals surface area contributed by atoms with E-state index in [1.807, 2.05) is 25.1 Å². The fourth-order valence-corrected chi connectivity index (χ4v) is 3.46. The molecular formula is C11H18NO2P. The zero-order chi connectivity index (χ0) is 11.5. The highest BCUT2D eigenvalue weighted by molar-refractivity contribution is 7.68. The second-order valence-electron chi connectivity index (χ2n) is 3.96. The Morgan fingerprint density at radius 3 is 2.27 bits per heavy atom. The smallest absolute Gasteiger partial charge is 0.250 e. The fraction of sp³-hybridized carbons (Fsp3) is 0.455. The normalized spacial score (nSPS) is 16.0. The van der Waals surface area contributed by atoms with E-state index < -0.39 is 12.6 Å². The molecule has 84 valence electrons. The third-order valence-corrected chi connectivity index (χ3v) is 5.28. The summed E-state index contributed by atoms with van der Waals surface area (Å²) in [6, 6.07) is 9.15. The van der Waals surface area contributed by atoms with Gasteiger partial charge in [-0.2, -0.15) is 0 Å². The van der Waals surface area contributed by atoms with Crippen molar-refractivity contribution in [3.8, 4) is 0 Å². The number of hydrogen-bond donors (Lipinski definition) is 1. The van der Waals surface area contributed by atoms with Crippen LogP contribution in [-0.4, -0.2) is 11.9 Å². The number of rotatable bonds is 4. The summed E-state index contributed by atoms with van der Waals surface area (Å²) in [5.74, 6) is 0. The van der Waals surface area contributed by atoms with Crippen LogP contribution in [0, 0.1) is 0 Å². The third kappa shape index (κ3) is 2.49. The predicted octanol–water partition coefficient (Wildman–Crippen LogP) is 2.32. The van der Waals surface area contributed by atoms with Crippen LogP contribution >= 0.6 is 7.37 Å². The van der Waals surface area contributed by atoms with Gasteiger partial charge in [-0.05, 0) is 32.9 Å². The number of hydrogen-bond acceptors (Lipinski definition) is 3. The summed E-state index contributed by atoms with van der Waals surface area (Å²) in [4.78, 5) is 0. The molecule has 3 nitrogen and oxygen atoms in total. The monoisotopic (exact) mass is 227 g/mol. The van der Waals surface area contributed by atoms with Gasteiger partial charge < -0.3 is 10.3 Å². The molecule has 2 N–H and O–H groups in total. The first-order valence-electron chi connectivity index (χ1n) is 5.01. The van der Waals surface area contributed by atoms with Crippen molar-refractivity contribution in [1.82, 2.24) is 0 Å². The van der Waals surface area contributed by atoms with Gasteiger partial charge in [0, 0.05) is 5.30 Å². The summed E-state index contributed by atoms with van der Waals surface area (Å²) in [6.45, 7) is 5.68. The van der Waals surface area contributed by atoms with Crippen molar-refractivity contribution in [3.63, 3.8) is 0 Å². The Morgan fingerprint density at radius 2 is 1.87 bits per heavy atom. The fourth-order valence-electron chi connectivity index (χ4n) is 1.38. The maximum atomic E-state index is 12.7. The lowest BCUT2D eigenvalue weighted by atomic mass is 10.4. The van der Waals surface area contributed by atoms with Crippen LogP contribution in [0.5, 0.6) is 0 Å². The van der Waals surface area contributed by atoms with E-state index >= 15 is 0 Å². The standard InChI is InChI=1S/C11H18NO2P/c1-4-14-15(13,11(2,3)12)10-8-6-5-7-9-10/h5-9H,4,12H2,1-3H3. The Kier molecular flexibility index (Phi) is 3.72. The minimum atomic E-state index is -2.98. The van der Waals surface area contributed by atoms with E-state index in [0.29, 0.717) is 11.9 Å². The molecule has 1 unspecified atom stereocenters. The van der Waals surface area contributed by atoms with Crippen molar-refractivity contribution in [2.24, 2.45) is 5.73 Å². The van der Waals surface area contributed by atoms with Crippen LogP contribution < -0.4 is 11.0 Å². The second kappa shape index (κ2) is 4.48. The summed E-state index contributed by atoms with van der Waals surface area (Å²) in [6.07, 6.45) is 0. The first-order valence-corrected chi connectivity index (χ1v) is 6.63. The highest BCUT2D eigenvalue weighted by atomic mass is 31.2. The van der Waals surface area contributed by atoms with Crippen molar-refractivity contribution < 1.29 is 9.09 Å². The second-order valence-corrected chi connectivity index (χ2v) is 6.99. The average Bonchev–Trinajstić information content (AvgIpc) is 2.18. The Balaban J connectivity index is 3.20. The molecule has 0 aliphatic carbocycles. The predicted molar refractivity (Wildman–Crippen MR) is 63.6 cm³/mol. The summed E-state index contributed by atoms with van der Waals surface area (Å²) < 4.78 is 18.1. The van der Waals surface area contributed by atoms with Gasteiger partial charge >= 0.3 is 0 Å². The Morgan fingerprint density at radius 1 is 1.33 bits per heavy atom. The summed E-state index contributed by atoms with van der Waals surface area (Å²) in [5, 5.41) is -0.177. The molecule has 4 heteroatoms. The van der Waals surface area contributed by atoms with Gasteiger partial charge in [-0.3, -0.25) is 4.57 Å². The van der Waals surface area contributed by atoms with Crippen LogP contribution in [0.3, 0.4) is 0 Å². The van der Waals surface area contributed by atoms with Crippen LogP contribution in [0.25, 0.3) is 0 Å². The van der Waals surface area contributed by atoms with Gasteiger partial charge in [0.25, 0.3) is 7.37 Å². The minimum Gasteiger partial charge on any atom is -0.324 e. The summed E-state index contributed by atoms with van der Waals surface area (Å²) >= 11 is 0. The maximum absolute atomic E-state index is 12.7. The third-order valence-electron chi connectivity index (χ3n) is 2.17. The SMILES string of the molecule is CCOP(=O)(c1ccccc1)C(C)(C)N. The molecule has 1 aromatic carbocycles. The zero-order valence-corrected chi connectivity index (χ0v) is 10.3. The van der Waals surface area contributed by atoms with Crippen LogP contribution in [0.1, 0.15) is 20.8 Å². The molecule has 0 amide bonds. The number of nitrogens with two attached hydrogens (primary N) is 1. The molecule has 1 aromatic rings. The molecule has 1 rings (SSSR count). The van der Waals surface area contributed by atoms with Gasteiger partial charge in [0.2, 0.25) is 0 Å². The molecule has 0 bridgehead atoms. The first kappa shape index (κ1) is 12.4. The zero-order valence-electron chi connectivity index (χ0n) is 9.43. The van der Waals surface area contributed by atoms with Gasteiger partial charge in [-0.1, -0.05) is 18.2 Å². The molecular weight excluding hydrogens is 209 g/mol. The lowest BCUT2D eigenvalue weighted by Crippen LogP contribution is -2.37. The Bertz CT molecular complexity index is 357. The van der Waals surface area contributed by atoms with E-state index in [2.05, 4.69) is 0 Å². The minimum absolute atomic E-state index is 0.396. The highest BCUT2D eigenvalue weighted by Crippen LogP contribution is 2.54. The van der Waals surface area contributed by atoms with Crippen LogP contribution in [-0.2, 0) is 9.09 Å². The molecule has 0 spiro atoms. The molecule has 0 saturated heterocycles. The average molecular weight is 227 g/mol. The Labute approximate surface area is 91.1 Å². The van der Waals surface area contributed by atoms with Gasteiger partial charge in [-0.25, -0.2) is 0 Å². The summed E-state index contributed by atoms with van der Waals surface area (Å²) in [7, 11) is -2.98. The molecule has 15 heavy (non-hydrogen) atoms. The molecule has 0 aromatic heterocycles. The molecule has 0 aliphatic rings. The van der Waals surface area contributed by atoms with Gasteiger partial charge in [0.15, 0.2) is 0 Å². The van der Waals surface area contributed by atoms with Crippen molar-refractivity contribution in [1.29, 1.82) is 0 Å². The van der Waals surface area contributed by atoms with E-state index in [4.69, 9.17) is 10.3 Å². The quantitative estimate of drug-likeness (QED) is 0.803. The van der Waals surface area contributed by atoms with E-state index in [1.54, 1.807) is 26.0 Å². The summed E-state index contributed by atoms with van der Waals surface area (Å²) in [5.41, 5.74) is 5.94. The first-order chi connectivity index (χ1) is 6.92. The van der Waals surface area contributed by atoms with Crippen molar-refractivity contribution >= 4 is 12.7 Å². The maximum Gasteiger partial charge on any atom is 0.250 e. The van der Waals surface area contributed by atoms with Crippen LogP contribution in [0.2, 0.25) is 0 Å². The Hall–Kier alpha value is -0.630. The lowest BCUT2D eigenvalue weighted by Gasteiger charge is -2.30. The van der Waals surface area contributed by atoms with Crippen molar-refractivity contribution in [2.45, 2.75) is 26.1 Å². The molecule has 0 heterocycles. The molecule has 0 radical (unpaired) electrons. The van der Waals surface area contributed by atoms with Crippen molar-refractivity contribution in [3.05, 3.63) is 30.3 Å². The van der Waals surface area contributed by atoms with Gasteiger partial charge in [0.1, 0.15) is 0 Å². The van der Waals surface area contributed by atoms with E-state index in [-0.39, 0.29) is 0 Å². The largest absolute Gasteiger partial charge is 0.324 e. The molecule has 0 fully saturated rings. The van der Waals surface area contributed by atoms with Crippen molar-refractivity contribution in [2.75, 3.05) is 6.61 Å². The molecule has 0 saturated carbocycles. The van der Waals surface area contributed by atoms with E-state index in [0.717, 1.165) is 0 Å². The molecule has 1 atom stereocenters. The van der Waals surface area contributed by atoms with Gasteiger partial charge in [0.05, 0.1) is 11.9 Å². The van der Waals surface area contributed by atoms with E-state index in [1.165, 1.54) is 0 Å². The number of benzene rings is 1. The van der Waals surface area contributed by atoms with Crippen LogP contribution in [0.15, 0.2) is 30.3 Å². The topological polar surface area (TPSA) is 52.3 Å². The highest BCUT2D eigenvalue weighted by Gasteiger charge is 2.39. The van der Waals surface area contributed by atoms with E-state index in [9.17, 15) is 4.57 Å². The molecule has 0 aliphatic heterocycles. The van der Waals surface area contributed by atoms with Gasteiger partial charge in [-0.15, -0.1) is 0 Å². The van der Waals surface area contributed by atoms with Crippen LogP contribution in [0.4, 0.5) is 0 Å². The lowest BCUT2D eigenvalue weighted by molar-refractivity contribution is 0.322.